The molecule has 2 aliphatic heterocycles. The third-order valence-corrected chi connectivity index (χ3v) is 7.69. The molecular weight excluding hydrogens is 500 g/mol. The number of carbonyl (C=O) groups excluding carboxylic acids is 2. The van der Waals surface area contributed by atoms with Crippen LogP contribution in [0, 0.1) is 17.8 Å². The molecule has 1 saturated heterocycles. The Kier molecular flexibility index (Phi) is 13.1. The molecule has 2 aliphatic rings. The van der Waals surface area contributed by atoms with E-state index >= 15 is 0 Å². The standard InChI is InChI=1S/C31H48O8/c1-9-25(36-8)22(6)30-31(39-30)28(35)19(3)11-10-12-20(4)29-21(5)14-16-26(37-23(7)32)18(2)13-15-24(33)17-27(34)38-29/h10-12,14,16,19,21-22,24-26,28-31,33,35H,2,9,13,15,17H2,1,3-8H3/b11-10+,16-14+,20-12+. The number of aliphatic hydroxyl groups excluding tert-OH is 2. The van der Waals surface area contributed by atoms with Crippen molar-refractivity contribution in [2.45, 2.75) is 110 Å². The topological polar surface area (TPSA) is 115 Å². The number of hydrogen-bond acceptors (Lipinski definition) is 8. The van der Waals surface area contributed by atoms with Gasteiger partial charge in [0.25, 0.3) is 0 Å². The summed E-state index contributed by atoms with van der Waals surface area (Å²) in [4.78, 5) is 24.2. The fourth-order valence-electron chi connectivity index (χ4n) is 5.10. The van der Waals surface area contributed by atoms with Crippen LogP contribution in [0.25, 0.3) is 0 Å². The minimum atomic E-state index is -0.884. The van der Waals surface area contributed by atoms with Crippen LogP contribution in [0.4, 0.5) is 0 Å². The van der Waals surface area contributed by atoms with Gasteiger partial charge in [-0.25, -0.2) is 0 Å². The Morgan fingerprint density at radius 1 is 1.26 bits per heavy atom. The van der Waals surface area contributed by atoms with Crippen molar-refractivity contribution in [2.24, 2.45) is 17.8 Å². The second-order valence-electron chi connectivity index (χ2n) is 11.0. The lowest BCUT2D eigenvalue weighted by atomic mass is 9.91. The largest absolute Gasteiger partial charge is 0.457 e. The summed E-state index contributed by atoms with van der Waals surface area (Å²) in [6, 6.07) is 0. The zero-order valence-electron chi connectivity index (χ0n) is 24.5. The van der Waals surface area contributed by atoms with Gasteiger partial charge in [0.05, 0.1) is 30.8 Å². The highest BCUT2D eigenvalue weighted by Crippen LogP contribution is 2.37. The van der Waals surface area contributed by atoms with Gasteiger partial charge in [0, 0.05) is 31.8 Å². The van der Waals surface area contributed by atoms with Crippen LogP contribution in [-0.2, 0) is 28.5 Å². The highest BCUT2D eigenvalue weighted by atomic mass is 16.6. The average Bonchev–Trinajstić information content (AvgIpc) is 3.68. The fraction of sp³-hybridized carbons (Fsp3) is 0.677. The monoisotopic (exact) mass is 548 g/mol. The Bertz CT molecular complexity index is 918. The Balaban J connectivity index is 2.13. The molecule has 2 N–H and O–H groups in total. The van der Waals surface area contributed by atoms with Crippen molar-refractivity contribution in [3.05, 3.63) is 48.1 Å². The lowest BCUT2D eigenvalue weighted by molar-refractivity contribution is -0.151. The van der Waals surface area contributed by atoms with Gasteiger partial charge in [-0.05, 0) is 43.4 Å². The van der Waals surface area contributed by atoms with E-state index in [9.17, 15) is 19.8 Å². The molecule has 8 heteroatoms. The maximum Gasteiger partial charge on any atom is 0.309 e. The van der Waals surface area contributed by atoms with Crippen molar-refractivity contribution in [1.82, 2.24) is 0 Å². The molecule has 2 rings (SSSR count). The summed E-state index contributed by atoms with van der Waals surface area (Å²) >= 11 is 0. The first kappa shape index (κ1) is 32.9. The lowest BCUT2D eigenvalue weighted by Crippen LogP contribution is -2.30. The molecule has 10 unspecified atom stereocenters. The minimum absolute atomic E-state index is 0.0245. The predicted molar refractivity (Wildman–Crippen MR) is 150 cm³/mol. The van der Waals surface area contributed by atoms with E-state index in [4.69, 9.17) is 18.9 Å². The first-order chi connectivity index (χ1) is 18.4. The van der Waals surface area contributed by atoms with E-state index in [0.29, 0.717) is 18.4 Å². The van der Waals surface area contributed by atoms with Gasteiger partial charge in [-0.3, -0.25) is 9.59 Å². The summed E-state index contributed by atoms with van der Waals surface area (Å²) in [6.45, 7) is 15.2. The molecule has 2 heterocycles. The van der Waals surface area contributed by atoms with Crippen molar-refractivity contribution in [3.63, 3.8) is 0 Å². The first-order valence-electron chi connectivity index (χ1n) is 14.0. The average molecular weight is 549 g/mol. The number of ether oxygens (including phenoxy) is 4. The van der Waals surface area contributed by atoms with Crippen molar-refractivity contribution in [3.8, 4) is 0 Å². The van der Waals surface area contributed by atoms with Crippen molar-refractivity contribution in [1.29, 1.82) is 0 Å². The van der Waals surface area contributed by atoms with Gasteiger partial charge < -0.3 is 29.2 Å². The summed E-state index contributed by atoms with van der Waals surface area (Å²) in [6.07, 6.45) is 7.83. The molecule has 220 valence electrons. The summed E-state index contributed by atoms with van der Waals surface area (Å²) in [5.74, 6) is -1.10. The molecule has 0 aliphatic carbocycles. The number of carbonyl (C=O) groups is 2. The smallest absolute Gasteiger partial charge is 0.309 e. The van der Waals surface area contributed by atoms with Gasteiger partial charge in [0.1, 0.15) is 18.3 Å². The molecule has 0 aromatic carbocycles. The third kappa shape index (κ3) is 10.0. The van der Waals surface area contributed by atoms with Gasteiger partial charge in [-0.2, -0.15) is 0 Å². The van der Waals surface area contributed by atoms with E-state index in [1.165, 1.54) is 6.92 Å². The quantitative estimate of drug-likeness (QED) is 0.178. The number of allylic oxidation sites excluding steroid dienone is 2. The molecule has 8 nitrogen and oxygen atoms in total. The summed E-state index contributed by atoms with van der Waals surface area (Å²) in [7, 11) is 1.70. The van der Waals surface area contributed by atoms with E-state index in [1.54, 1.807) is 13.2 Å². The minimum Gasteiger partial charge on any atom is -0.457 e. The number of hydrogen-bond donors (Lipinski definition) is 2. The van der Waals surface area contributed by atoms with Gasteiger partial charge in [-0.15, -0.1) is 0 Å². The molecule has 0 aromatic rings. The van der Waals surface area contributed by atoms with Crippen LogP contribution in [-0.4, -0.2) is 72.0 Å². The highest BCUT2D eigenvalue weighted by Gasteiger charge is 2.50. The zero-order chi connectivity index (χ0) is 29.3. The number of methoxy groups -OCH3 is 1. The second-order valence-corrected chi connectivity index (χ2v) is 11.0. The van der Waals surface area contributed by atoms with Crippen LogP contribution >= 0.6 is 0 Å². The predicted octanol–water partition coefficient (Wildman–Crippen LogP) is 4.45. The normalized spacial score (nSPS) is 32.8. The van der Waals surface area contributed by atoms with Gasteiger partial charge in [-0.1, -0.05) is 58.6 Å². The molecule has 1 fully saturated rings. The van der Waals surface area contributed by atoms with Gasteiger partial charge >= 0.3 is 11.9 Å². The SMILES string of the molecule is C=C1CCC(O)CC(=O)OC(/C(C)=C/C=C/C(C)C(O)C2OC2C(C)C(CC)OC)C(C)/C=C/C1OC(C)=O. The Hall–Kier alpha value is -2.26. The Labute approximate surface area is 233 Å². The van der Waals surface area contributed by atoms with Crippen LogP contribution in [0.2, 0.25) is 0 Å². The molecule has 0 amide bonds. The summed E-state index contributed by atoms with van der Waals surface area (Å²) in [5.41, 5.74) is 1.46. The molecule has 39 heavy (non-hydrogen) atoms. The van der Waals surface area contributed by atoms with E-state index in [-0.39, 0.29) is 42.5 Å². The zero-order valence-corrected chi connectivity index (χ0v) is 24.5. The Morgan fingerprint density at radius 3 is 2.56 bits per heavy atom. The van der Waals surface area contributed by atoms with Crippen LogP contribution in [0.1, 0.15) is 67.2 Å². The maximum atomic E-state index is 12.6. The first-order valence-corrected chi connectivity index (χ1v) is 14.0. The maximum absolute atomic E-state index is 12.6. The number of epoxide rings is 1. The van der Waals surface area contributed by atoms with Crippen LogP contribution in [0.5, 0.6) is 0 Å². The van der Waals surface area contributed by atoms with Gasteiger partial charge in [0.15, 0.2) is 0 Å². The van der Waals surface area contributed by atoms with Crippen molar-refractivity contribution in [2.75, 3.05) is 7.11 Å². The number of aliphatic hydroxyl groups is 2. The molecule has 0 saturated carbocycles. The van der Waals surface area contributed by atoms with Crippen molar-refractivity contribution < 1.29 is 38.7 Å². The molecule has 0 radical (unpaired) electrons. The lowest BCUT2D eigenvalue weighted by Gasteiger charge is -2.25. The van der Waals surface area contributed by atoms with E-state index in [0.717, 1.165) is 12.0 Å². The summed E-state index contributed by atoms with van der Waals surface area (Å²) < 4.78 is 22.5. The molecule has 0 bridgehead atoms. The number of esters is 2. The Morgan fingerprint density at radius 2 is 1.95 bits per heavy atom. The number of rotatable bonds is 10. The van der Waals surface area contributed by atoms with Crippen LogP contribution < -0.4 is 0 Å². The van der Waals surface area contributed by atoms with Gasteiger partial charge in [0.2, 0.25) is 0 Å². The molecular formula is C31H48O8. The third-order valence-electron chi connectivity index (χ3n) is 7.69. The van der Waals surface area contributed by atoms with E-state index in [1.807, 2.05) is 45.1 Å². The van der Waals surface area contributed by atoms with Crippen LogP contribution in [0.15, 0.2) is 48.1 Å². The molecule has 10 atom stereocenters. The van der Waals surface area contributed by atoms with Crippen molar-refractivity contribution >= 4 is 11.9 Å². The number of cyclic esters (lactones) is 1. The molecule has 0 spiro atoms. The molecule has 0 aromatic heterocycles. The summed E-state index contributed by atoms with van der Waals surface area (Å²) in [5, 5.41) is 21.1. The fourth-order valence-corrected chi connectivity index (χ4v) is 5.10. The van der Waals surface area contributed by atoms with E-state index in [2.05, 4.69) is 20.4 Å². The van der Waals surface area contributed by atoms with E-state index < -0.39 is 36.4 Å². The van der Waals surface area contributed by atoms with Crippen LogP contribution in [0.3, 0.4) is 0 Å². The highest BCUT2D eigenvalue weighted by molar-refractivity contribution is 5.70. The second kappa shape index (κ2) is 15.5.